The Bertz CT molecular complexity index is 114. The van der Waals surface area contributed by atoms with Crippen LogP contribution in [0.5, 0.6) is 0 Å². The summed E-state index contributed by atoms with van der Waals surface area (Å²) < 4.78 is 0. The molecule has 0 bridgehead atoms. The molecule has 0 heterocycles. The summed E-state index contributed by atoms with van der Waals surface area (Å²) >= 11 is 0. The smallest absolute Gasteiger partial charge is 0.412 e. The van der Waals surface area contributed by atoms with Gasteiger partial charge in [0.2, 0.25) is 5.92 Å². The van der Waals surface area contributed by atoms with E-state index in [-0.39, 0.29) is 5.76 Å². The molecule has 0 spiro atoms. The molecule has 0 fully saturated rings. The second kappa shape index (κ2) is 3.21. The third-order valence-electron chi connectivity index (χ3n) is 0.393. The van der Waals surface area contributed by atoms with Gasteiger partial charge in [-0.1, -0.05) is 6.92 Å². The lowest BCUT2D eigenvalue weighted by Crippen LogP contribution is -1.65. The zero-order valence-corrected chi connectivity index (χ0v) is 4.23. The van der Waals surface area contributed by atoms with Gasteiger partial charge in [-0.2, -0.15) is 0 Å². The van der Waals surface area contributed by atoms with Crippen LogP contribution in [0.15, 0.2) is 5.76 Å². The Hall–Kier alpha value is -0.990. The van der Waals surface area contributed by atoms with Crippen LogP contribution in [0.4, 0.5) is 0 Å². The Morgan fingerprint density at radius 3 is 2.57 bits per heavy atom. The molecule has 0 aliphatic rings. The normalized spacial score (nSPS) is 6.29. The summed E-state index contributed by atoms with van der Waals surface area (Å²) in [5.74, 6) is 4.58. The van der Waals surface area contributed by atoms with Gasteiger partial charge >= 0.3 is 5.76 Å². The van der Waals surface area contributed by atoms with Crippen molar-refractivity contribution in [3.05, 3.63) is 12.3 Å². The molecule has 1 nitrogen and oxygen atoms in total. The van der Waals surface area contributed by atoms with Gasteiger partial charge in [-0.3, -0.25) is 0 Å². The van der Waals surface area contributed by atoms with Crippen LogP contribution >= 0.6 is 0 Å². The first kappa shape index (κ1) is 6.01. The summed E-state index contributed by atoms with van der Waals surface area (Å²) in [5, 5.41) is 8.20. The quantitative estimate of drug-likeness (QED) is 0.273. The highest BCUT2D eigenvalue weighted by molar-refractivity contribution is 5.16. The molecule has 0 aliphatic carbocycles. The molecule has 0 unspecified atom stereocenters. The van der Waals surface area contributed by atoms with Crippen LogP contribution in [0, 0.1) is 18.4 Å². The van der Waals surface area contributed by atoms with E-state index in [9.17, 15) is 0 Å². The summed E-state index contributed by atoms with van der Waals surface area (Å²) in [6, 6.07) is 0. The van der Waals surface area contributed by atoms with Crippen molar-refractivity contribution in [3.8, 4) is 11.8 Å². The molecule has 36 valence electrons. The van der Waals surface area contributed by atoms with E-state index in [1.165, 1.54) is 0 Å². The van der Waals surface area contributed by atoms with Gasteiger partial charge in [0, 0.05) is 12.3 Å². The number of hydrogen-bond donors (Lipinski definition) is 1. The standard InChI is InChI=1S/C6H6O/c1-3-4-5-6(2)7/h2H,3H2,1H3/p+1. The molecule has 0 radical (unpaired) electrons. The van der Waals surface area contributed by atoms with Crippen molar-refractivity contribution in [1.29, 1.82) is 0 Å². The van der Waals surface area contributed by atoms with E-state index >= 15 is 0 Å². The molecular formula is C6H7O+. The summed E-state index contributed by atoms with van der Waals surface area (Å²) in [6.07, 6.45) is 0.723. The molecule has 1 heteroatoms. The van der Waals surface area contributed by atoms with Crippen molar-refractivity contribution in [3.63, 3.8) is 0 Å². The van der Waals surface area contributed by atoms with Gasteiger partial charge in [-0.05, 0) is 0 Å². The van der Waals surface area contributed by atoms with E-state index in [0.717, 1.165) is 6.42 Å². The van der Waals surface area contributed by atoms with Gasteiger partial charge in [-0.15, -0.1) is 0 Å². The van der Waals surface area contributed by atoms with E-state index in [1.54, 1.807) is 0 Å². The Kier molecular flexibility index (Phi) is 2.76. The molecule has 0 aromatic rings. The maximum absolute atomic E-state index is 8.20. The molecule has 0 atom stereocenters. The Labute approximate surface area is 43.7 Å². The Morgan fingerprint density at radius 1 is 1.86 bits per heavy atom. The van der Waals surface area contributed by atoms with Crippen LogP contribution in [0.3, 0.4) is 0 Å². The minimum atomic E-state index is -0.304. The lowest BCUT2D eigenvalue weighted by molar-refractivity contribution is 0.439. The van der Waals surface area contributed by atoms with Gasteiger partial charge in [0.15, 0.2) is 0 Å². The first-order valence-corrected chi connectivity index (χ1v) is 2.07. The third-order valence-corrected chi connectivity index (χ3v) is 0.393. The van der Waals surface area contributed by atoms with Crippen LogP contribution in [-0.4, -0.2) is 5.11 Å². The molecule has 0 saturated heterocycles. The fourth-order valence-corrected chi connectivity index (χ4v) is 0.179. The Balaban J connectivity index is 3.45. The summed E-state index contributed by atoms with van der Waals surface area (Å²) in [4.78, 5) is 0. The topological polar surface area (TPSA) is 20.2 Å². The first-order chi connectivity index (χ1) is 3.27. The van der Waals surface area contributed by atoms with Gasteiger partial charge in [-0.25, -0.2) is 0 Å². The lowest BCUT2D eigenvalue weighted by atomic mass is 10.4. The summed E-state index contributed by atoms with van der Waals surface area (Å²) in [6.45, 7) is 6.66. The molecule has 7 heavy (non-hydrogen) atoms. The highest BCUT2D eigenvalue weighted by Crippen LogP contribution is 1.74. The predicted molar refractivity (Wildman–Crippen MR) is 28.5 cm³/mol. The van der Waals surface area contributed by atoms with E-state index in [1.807, 2.05) is 6.92 Å². The molecule has 0 aliphatic heterocycles. The molecule has 0 saturated carbocycles. The van der Waals surface area contributed by atoms with Crippen molar-refractivity contribution >= 4 is 0 Å². The summed E-state index contributed by atoms with van der Waals surface area (Å²) in [5.41, 5.74) is 0. The maximum atomic E-state index is 8.20. The fourth-order valence-electron chi connectivity index (χ4n) is 0.179. The third kappa shape index (κ3) is 5.01. The van der Waals surface area contributed by atoms with Crippen molar-refractivity contribution in [1.82, 2.24) is 0 Å². The minimum absolute atomic E-state index is 0.304. The monoisotopic (exact) mass is 95.0 g/mol. The number of aliphatic hydroxyl groups excluding tert-OH is 1. The predicted octanol–water partition coefficient (Wildman–Crippen LogP) is 1.27. The van der Waals surface area contributed by atoms with Crippen molar-refractivity contribution in [2.75, 3.05) is 0 Å². The molecule has 0 amide bonds. The van der Waals surface area contributed by atoms with Crippen LogP contribution in [-0.2, 0) is 0 Å². The average molecular weight is 95.1 g/mol. The minimum Gasteiger partial charge on any atom is -0.463 e. The number of allylic oxidation sites excluding steroid dienone is 1. The average Bonchev–Trinajstić information content (AvgIpc) is 1.61. The Morgan fingerprint density at radius 2 is 2.43 bits per heavy atom. The van der Waals surface area contributed by atoms with Gasteiger partial charge in [0.05, 0.1) is 0 Å². The van der Waals surface area contributed by atoms with Crippen molar-refractivity contribution < 1.29 is 5.11 Å². The second-order valence-corrected chi connectivity index (χ2v) is 1.04. The largest absolute Gasteiger partial charge is 0.463 e. The SMILES string of the molecule is [CH+]=C(O)C#CCC. The molecule has 0 aromatic heterocycles. The highest BCUT2D eigenvalue weighted by atomic mass is 16.3. The van der Waals surface area contributed by atoms with E-state index in [4.69, 9.17) is 11.7 Å². The number of aliphatic hydroxyl groups is 1. The lowest BCUT2D eigenvalue weighted by Gasteiger charge is -1.59. The fraction of sp³-hybridized carbons (Fsp3) is 0.333. The van der Waals surface area contributed by atoms with Gasteiger partial charge < -0.3 is 5.11 Å². The summed E-state index contributed by atoms with van der Waals surface area (Å²) in [7, 11) is 0. The van der Waals surface area contributed by atoms with E-state index < -0.39 is 0 Å². The van der Waals surface area contributed by atoms with Crippen molar-refractivity contribution in [2.45, 2.75) is 13.3 Å². The zero-order chi connectivity index (χ0) is 5.70. The highest BCUT2D eigenvalue weighted by Gasteiger charge is 1.87. The van der Waals surface area contributed by atoms with Gasteiger partial charge in [0.25, 0.3) is 0 Å². The van der Waals surface area contributed by atoms with Crippen LogP contribution in [0.25, 0.3) is 0 Å². The van der Waals surface area contributed by atoms with Crippen LogP contribution < -0.4 is 0 Å². The number of rotatable bonds is 0. The zero-order valence-electron chi connectivity index (χ0n) is 4.23. The molecule has 0 rings (SSSR count). The molecular weight excluding hydrogens is 88.1 g/mol. The maximum Gasteiger partial charge on any atom is 0.412 e. The van der Waals surface area contributed by atoms with Crippen LogP contribution in [0.1, 0.15) is 13.3 Å². The van der Waals surface area contributed by atoms with Crippen molar-refractivity contribution in [2.24, 2.45) is 0 Å². The molecule has 1 N–H and O–H groups in total. The second-order valence-electron chi connectivity index (χ2n) is 1.04. The molecule has 0 aromatic carbocycles. The van der Waals surface area contributed by atoms with Gasteiger partial charge in [0.1, 0.15) is 6.58 Å². The number of hydrogen-bond acceptors (Lipinski definition) is 1. The van der Waals surface area contributed by atoms with E-state index in [2.05, 4.69) is 11.8 Å². The van der Waals surface area contributed by atoms with E-state index in [0.29, 0.717) is 0 Å². The first-order valence-electron chi connectivity index (χ1n) is 2.07. The van der Waals surface area contributed by atoms with Crippen LogP contribution in [0.2, 0.25) is 0 Å².